The highest BCUT2D eigenvalue weighted by Crippen LogP contribution is 2.12. The molecule has 1 amide bonds. The highest BCUT2D eigenvalue weighted by molar-refractivity contribution is 5.94. The van der Waals surface area contributed by atoms with Crippen molar-refractivity contribution in [3.05, 3.63) is 29.8 Å². The minimum atomic E-state index is -0.275. The zero-order valence-corrected chi connectivity index (χ0v) is 11.1. The second-order valence-electron chi connectivity index (χ2n) is 4.51. The number of phenols is 1. The monoisotopic (exact) mass is 248 g/mol. The summed E-state index contributed by atoms with van der Waals surface area (Å²) in [6.45, 7) is 6.35. The van der Waals surface area contributed by atoms with Crippen molar-refractivity contribution in [3.8, 4) is 5.75 Å². The molecule has 0 aliphatic rings. The molecule has 0 radical (unpaired) electrons. The number of aromatic hydroxyl groups is 1. The van der Waals surface area contributed by atoms with Gasteiger partial charge in [-0.2, -0.15) is 5.10 Å². The molecule has 4 nitrogen and oxygen atoms in total. The van der Waals surface area contributed by atoms with E-state index in [0.717, 1.165) is 6.42 Å². The Bertz CT molecular complexity index is 412. The van der Waals surface area contributed by atoms with Gasteiger partial charge in [-0.25, -0.2) is 5.43 Å². The van der Waals surface area contributed by atoms with E-state index in [1.807, 2.05) is 0 Å². The number of hydrogen-bond acceptors (Lipinski definition) is 3. The lowest BCUT2D eigenvalue weighted by Crippen LogP contribution is -2.19. The quantitative estimate of drug-likeness (QED) is 0.621. The van der Waals surface area contributed by atoms with Gasteiger partial charge >= 0.3 is 0 Å². The maximum atomic E-state index is 11.7. The standard InChI is InChI=1S/C14H20N2O2/c1-4-10(2)11(3)9-15-16-14(18)12-5-7-13(17)8-6-12/h5-11,17H,4H2,1-3H3,(H,16,18)/b15-9+. The fourth-order valence-electron chi connectivity index (χ4n) is 1.41. The molecule has 0 heterocycles. The van der Waals surface area contributed by atoms with Gasteiger partial charge in [-0.15, -0.1) is 0 Å². The molecule has 0 aliphatic carbocycles. The van der Waals surface area contributed by atoms with E-state index in [9.17, 15) is 4.79 Å². The SMILES string of the molecule is CCC(C)C(C)/C=N/NC(=O)c1ccc(O)cc1. The number of nitrogens with zero attached hydrogens (tertiary/aromatic N) is 1. The van der Waals surface area contributed by atoms with Gasteiger partial charge in [0.25, 0.3) is 5.91 Å². The summed E-state index contributed by atoms with van der Waals surface area (Å²) in [4.78, 5) is 11.7. The molecule has 4 heteroatoms. The zero-order chi connectivity index (χ0) is 13.5. The smallest absolute Gasteiger partial charge is 0.271 e. The van der Waals surface area contributed by atoms with Crippen LogP contribution >= 0.6 is 0 Å². The molecule has 1 rings (SSSR count). The Morgan fingerprint density at radius 3 is 2.56 bits per heavy atom. The number of carbonyl (C=O) groups excluding carboxylic acids is 1. The van der Waals surface area contributed by atoms with Crippen LogP contribution in [-0.4, -0.2) is 17.2 Å². The van der Waals surface area contributed by atoms with Gasteiger partial charge in [-0.05, 0) is 36.1 Å². The van der Waals surface area contributed by atoms with Crippen LogP contribution in [0.3, 0.4) is 0 Å². The number of phenolic OH excluding ortho intramolecular Hbond substituents is 1. The van der Waals surface area contributed by atoms with Crippen molar-refractivity contribution in [2.45, 2.75) is 27.2 Å². The highest BCUT2D eigenvalue weighted by Gasteiger charge is 2.07. The molecule has 1 aromatic carbocycles. The van der Waals surface area contributed by atoms with Gasteiger partial charge in [0.2, 0.25) is 0 Å². The third-order valence-corrected chi connectivity index (χ3v) is 3.15. The minimum absolute atomic E-state index is 0.139. The Hall–Kier alpha value is -1.84. The number of nitrogens with one attached hydrogen (secondary N) is 1. The van der Waals surface area contributed by atoms with Crippen LogP contribution in [0.15, 0.2) is 29.4 Å². The lowest BCUT2D eigenvalue weighted by atomic mass is 9.95. The molecule has 0 saturated carbocycles. The first-order valence-corrected chi connectivity index (χ1v) is 6.17. The fraction of sp³-hybridized carbons (Fsp3) is 0.429. The van der Waals surface area contributed by atoms with E-state index in [0.29, 0.717) is 17.4 Å². The molecular formula is C14H20N2O2. The van der Waals surface area contributed by atoms with Crippen LogP contribution in [0.4, 0.5) is 0 Å². The van der Waals surface area contributed by atoms with Gasteiger partial charge in [0.1, 0.15) is 5.75 Å². The van der Waals surface area contributed by atoms with Crippen molar-refractivity contribution in [2.75, 3.05) is 0 Å². The van der Waals surface area contributed by atoms with Crippen LogP contribution in [0, 0.1) is 11.8 Å². The zero-order valence-electron chi connectivity index (χ0n) is 11.1. The van der Waals surface area contributed by atoms with Gasteiger partial charge < -0.3 is 5.11 Å². The average molecular weight is 248 g/mol. The summed E-state index contributed by atoms with van der Waals surface area (Å²) in [6, 6.07) is 6.05. The molecule has 2 N–H and O–H groups in total. The molecule has 2 unspecified atom stereocenters. The predicted octanol–water partition coefficient (Wildman–Crippen LogP) is 2.79. The molecule has 2 atom stereocenters. The van der Waals surface area contributed by atoms with Gasteiger partial charge in [-0.1, -0.05) is 27.2 Å². The molecular weight excluding hydrogens is 228 g/mol. The molecule has 0 aliphatic heterocycles. The number of rotatable bonds is 5. The third kappa shape index (κ3) is 4.20. The second kappa shape index (κ2) is 6.79. The molecule has 0 aromatic heterocycles. The van der Waals surface area contributed by atoms with Gasteiger partial charge in [0.15, 0.2) is 0 Å². The van der Waals surface area contributed by atoms with Crippen molar-refractivity contribution in [1.29, 1.82) is 0 Å². The molecule has 0 saturated heterocycles. The fourth-order valence-corrected chi connectivity index (χ4v) is 1.41. The average Bonchev–Trinajstić information content (AvgIpc) is 2.38. The molecule has 98 valence electrons. The van der Waals surface area contributed by atoms with E-state index in [4.69, 9.17) is 5.11 Å². The number of carbonyl (C=O) groups is 1. The van der Waals surface area contributed by atoms with Gasteiger partial charge in [0.05, 0.1) is 0 Å². The molecule has 18 heavy (non-hydrogen) atoms. The van der Waals surface area contributed by atoms with Crippen molar-refractivity contribution < 1.29 is 9.90 Å². The normalized spacial score (nSPS) is 14.4. The topological polar surface area (TPSA) is 61.7 Å². The van der Waals surface area contributed by atoms with Crippen molar-refractivity contribution in [3.63, 3.8) is 0 Å². The second-order valence-corrected chi connectivity index (χ2v) is 4.51. The molecule has 0 bridgehead atoms. The van der Waals surface area contributed by atoms with E-state index in [2.05, 4.69) is 31.3 Å². The Morgan fingerprint density at radius 2 is 2.00 bits per heavy atom. The Labute approximate surface area is 108 Å². The minimum Gasteiger partial charge on any atom is -0.508 e. The molecule has 1 aromatic rings. The van der Waals surface area contributed by atoms with Crippen LogP contribution in [0.1, 0.15) is 37.6 Å². The lowest BCUT2D eigenvalue weighted by molar-refractivity contribution is 0.0955. The van der Waals surface area contributed by atoms with Crippen LogP contribution in [0.25, 0.3) is 0 Å². The molecule has 0 fully saturated rings. The number of benzene rings is 1. The summed E-state index contributed by atoms with van der Waals surface area (Å²) >= 11 is 0. The first-order chi connectivity index (χ1) is 8.54. The van der Waals surface area contributed by atoms with E-state index >= 15 is 0 Å². The van der Waals surface area contributed by atoms with Gasteiger partial charge in [0, 0.05) is 11.8 Å². The maximum Gasteiger partial charge on any atom is 0.271 e. The summed E-state index contributed by atoms with van der Waals surface area (Å²) in [5.41, 5.74) is 2.95. The number of hydrazone groups is 1. The number of hydrogen-bond donors (Lipinski definition) is 2. The summed E-state index contributed by atoms with van der Waals surface area (Å²) < 4.78 is 0. The maximum absolute atomic E-state index is 11.7. The van der Waals surface area contributed by atoms with E-state index in [1.165, 1.54) is 12.1 Å². The van der Waals surface area contributed by atoms with Crippen LogP contribution < -0.4 is 5.43 Å². The summed E-state index contributed by atoms with van der Waals surface area (Å²) in [5, 5.41) is 13.1. The number of amides is 1. The molecule has 0 spiro atoms. The Kier molecular flexibility index (Phi) is 5.36. The van der Waals surface area contributed by atoms with E-state index in [-0.39, 0.29) is 11.7 Å². The van der Waals surface area contributed by atoms with E-state index in [1.54, 1.807) is 18.3 Å². The third-order valence-electron chi connectivity index (χ3n) is 3.15. The Morgan fingerprint density at radius 1 is 1.39 bits per heavy atom. The van der Waals surface area contributed by atoms with Crippen LogP contribution in [0.2, 0.25) is 0 Å². The van der Waals surface area contributed by atoms with Crippen LogP contribution in [-0.2, 0) is 0 Å². The van der Waals surface area contributed by atoms with E-state index < -0.39 is 0 Å². The first kappa shape index (κ1) is 14.2. The van der Waals surface area contributed by atoms with Gasteiger partial charge in [-0.3, -0.25) is 4.79 Å². The largest absolute Gasteiger partial charge is 0.508 e. The van der Waals surface area contributed by atoms with Crippen molar-refractivity contribution >= 4 is 12.1 Å². The first-order valence-electron chi connectivity index (χ1n) is 6.17. The van der Waals surface area contributed by atoms with Crippen molar-refractivity contribution in [1.82, 2.24) is 5.43 Å². The summed E-state index contributed by atoms with van der Waals surface area (Å²) in [7, 11) is 0. The Balaban J connectivity index is 2.51. The summed E-state index contributed by atoms with van der Waals surface area (Å²) in [6.07, 6.45) is 2.84. The van der Waals surface area contributed by atoms with Crippen LogP contribution in [0.5, 0.6) is 5.75 Å². The lowest BCUT2D eigenvalue weighted by Gasteiger charge is -2.12. The summed E-state index contributed by atoms with van der Waals surface area (Å²) in [5.74, 6) is 0.734. The van der Waals surface area contributed by atoms with Crippen molar-refractivity contribution in [2.24, 2.45) is 16.9 Å². The highest BCUT2D eigenvalue weighted by atomic mass is 16.3. The predicted molar refractivity (Wildman–Crippen MR) is 72.7 cm³/mol.